The van der Waals surface area contributed by atoms with Crippen molar-refractivity contribution in [2.24, 2.45) is 5.92 Å². The highest BCUT2D eigenvalue weighted by Gasteiger charge is 2.11. The molecule has 5 heteroatoms. The molecule has 0 saturated carbocycles. The summed E-state index contributed by atoms with van der Waals surface area (Å²) in [5, 5.41) is 14.6. The van der Waals surface area contributed by atoms with Gasteiger partial charge in [-0.05, 0) is 31.2 Å². The molecule has 0 spiro atoms. The van der Waals surface area contributed by atoms with Crippen molar-refractivity contribution < 1.29 is 9.90 Å². The third-order valence-electron chi connectivity index (χ3n) is 2.58. The Kier molecular flexibility index (Phi) is 8.37. The monoisotopic (exact) mass is 272 g/mol. The molecule has 1 amide bonds. The van der Waals surface area contributed by atoms with Crippen molar-refractivity contribution in [1.29, 1.82) is 0 Å². The molecule has 0 fully saturated rings. The number of aliphatic hydroxyl groups excluding tert-OH is 1. The van der Waals surface area contributed by atoms with Crippen molar-refractivity contribution in [2.75, 3.05) is 25.5 Å². The van der Waals surface area contributed by atoms with E-state index in [9.17, 15) is 4.79 Å². The third kappa shape index (κ3) is 5.49. The molecule has 0 bridgehead atoms. The van der Waals surface area contributed by atoms with Gasteiger partial charge in [0.25, 0.3) is 0 Å². The van der Waals surface area contributed by atoms with Gasteiger partial charge in [-0.25, -0.2) is 0 Å². The number of halogens is 1. The Bertz CT molecular complexity index is 355. The lowest BCUT2D eigenvalue weighted by atomic mass is 10.1. The summed E-state index contributed by atoms with van der Waals surface area (Å²) in [6.07, 6.45) is 0.643. The van der Waals surface area contributed by atoms with E-state index in [0.29, 0.717) is 13.0 Å². The van der Waals surface area contributed by atoms with Gasteiger partial charge in [-0.3, -0.25) is 4.79 Å². The highest BCUT2D eigenvalue weighted by atomic mass is 35.5. The van der Waals surface area contributed by atoms with Crippen LogP contribution in [0.5, 0.6) is 0 Å². The molecule has 1 unspecified atom stereocenters. The van der Waals surface area contributed by atoms with E-state index in [4.69, 9.17) is 5.11 Å². The third-order valence-corrected chi connectivity index (χ3v) is 2.58. The first kappa shape index (κ1) is 16.9. The Hall–Kier alpha value is -1.10. The molecule has 1 rings (SSSR count). The fraction of sp³-hybridized carbons (Fsp3) is 0.462. The number of rotatable bonds is 6. The molecule has 1 aromatic carbocycles. The first-order valence-corrected chi connectivity index (χ1v) is 5.82. The molecule has 3 N–H and O–H groups in total. The van der Waals surface area contributed by atoms with E-state index in [-0.39, 0.29) is 30.8 Å². The average molecular weight is 273 g/mol. The van der Waals surface area contributed by atoms with Crippen molar-refractivity contribution >= 4 is 24.0 Å². The Morgan fingerprint density at radius 3 is 2.44 bits per heavy atom. The Morgan fingerprint density at radius 1 is 1.33 bits per heavy atom. The molecule has 0 aromatic heterocycles. The molecule has 0 saturated heterocycles. The van der Waals surface area contributed by atoms with E-state index >= 15 is 0 Å². The lowest BCUT2D eigenvalue weighted by Crippen LogP contribution is -2.28. The number of benzene rings is 1. The van der Waals surface area contributed by atoms with Gasteiger partial charge in [0.1, 0.15) is 0 Å². The molecule has 0 aliphatic carbocycles. The lowest BCUT2D eigenvalue weighted by molar-refractivity contribution is -0.119. The molecule has 0 aliphatic heterocycles. The summed E-state index contributed by atoms with van der Waals surface area (Å²) >= 11 is 0. The van der Waals surface area contributed by atoms with Crippen LogP contribution in [-0.2, 0) is 11.2 Å². The van der Waals surface area contributed by atoms with Crippen LogP contribution >= 0.6 is 12.4 Å². The second-order valence-electron chi connectivity index (χ2n) is 4.12. The molecule has 0 aliphatic rings. The number of carbonyl (C=O) groups is 1. The SMILES string of the molecule is CNCC(C)C(=O)Nc1ccc(CCO)cc1.Cl. The summed E-state index contributed by atoms with van der Waals surface area (Å²) in [6.45, 7) is 2.69. The van der Waals surface area contributed by atoms with Gasteiger partial charge in [0, 0.05) is 24.8 Å². The average Bonchev–Trinajstić information content (AvgIpc) is 2.32. The smallest absolute Gasteiger partial charge is 0.228 e. The minimum atomic E-state index is -0.0582. The van der Waals surface area contributed by atoms with E-state index in [2.05, 4.69) is 10.6 Å². The zero-order valence-corrected chi connectivity index (χ0v) is 11.6. The van der Waals surface area contributed by atoms with Gasteiger partial charge in [-0.1, -0.05) is 19.1 Å². The van der Waals surface area contributed by atoms with Gasteiger partial charge >= 0.3 is 0 Å². The second kappa shape index (κ2) is 8.91. The maximum atomic E-state index is 11.7. The quantitative estimate of drug-likeness (QED) is 0.734. The van der Waals surface area contributed by atoms with Crippen LogP contribution in [0.3, 0.4) is 0 Å². The van der Waals surface area contributed by atoms with Crippen LogP contribution in [-0.4, -0.2) is 31.2 Å². The Balaban J connectivity index is 0.00000289. The Labute approximate surface area is 114 Å². The lowest BCUT2D eigenvalue weighted by Gasteiger charge is -2.11. The van der Waals surface area contributed by atoms with Crippen molar-refractivity contribution in [2.45, 2.75) is 13.3 Å². The number of hydrogen-bond donors (Lipinski definition) is 3. The Morgan fingerprint density at radius 2 is 1.94 bits per heavy atom. The molecule has 1 aromatic rings. The topological polar surface area (TPSA) is 61.4 Å². The van der Waals surface area contributed by atoms with E-state index < -0.39 is 0 Å². The largest absolute Gasteiger partial charge is 0.396 e. The number of hydrogen-bond acceptors (Lipinski definition) is 3. The van der Waals surface area contributed by atoms with Crippen molar-refractivity contribution in [3.8, 4) is 0 Å². The fourth-order valence-corrected chi connectivity index (χ4v) is 1.55. The summed E-state index contributed by atoms with van der Waals surface area (Å²) in [5.74, 6) is -0.0497. The minimum Gasteiger partial charge on any atom is -0.396 e. The molecular formula is C13H21ClN2O2. The summed E-state index contributed by atoms with van der Waals surface area (Å²) in [6, 6.07) is 7.53. The number of carbonyl (C=O) groups excluding carboxylic acids is 1. The molecule has 4 nitrogen and oxygen atoms in total. The normalized spacial score (nSPS) is 11.5. The van der Waals surface area contributed by atoms with Crippen molar-refractivity contribution in [3.63, 3.8) is 0 Å². The van der Waals surface area contributed by atoms with Gasteiger partial charge in [0.2, 0.25) is 5.91 Å². The highest BCUT2D eigenvalue weighted by molar-refractivity contribution is 5.92. The molecular weight excluding hydrogens is 252 g/mol. The predicted molar refractivity (Wildman–Crippen MR) is 76.2 cm³/mol. The van der Waals surface area contributed by atoms with E-state index in [1.54, 1.807) is 0 Å². The van der Waals surface area contributed by atoms with Crippen molar-refractivity contribution in [3.05, 3.63) is 29.8 Å². The number of nitrogens with one attached hydrogen (secondary N) is 2. The second-order valence-corrected chi connectivity index (χ2v) is 4.12. The fourth-order valence-electron chi connectivity index (χ4n) is 1.55. The molecule has 18 heavy (non-hydrogen) atoms. The van der Waals surface area contributed by atoms with Crippen LogP contribution in [0.2, 0.25) is 0 Å². The molecule has 1 atom stereocenters. The molecule has 0 heterocycles. The summed E-state index contributed by atoms with van der Waals surface area (Å²) in [7, 11) is 1.83. The van der Waals surface area contributed by atoms with Crippen LogP contribution in [0, 0.1) is 5.92 Å². The molecule has 0 radical (unpaired) electrons. The van der Waals surface area contributed by atoms with Gasteiger partial charge in [-0.2, -0.15) is 0 Å². The minimum absolute atomic E-state index is 0. The zero-order valence-electron chi connectivity index (χ0n) is 10.8. The van der Waals surface area contributed by atoms with E-state index in [1.165, 1.54) is 0 Å². The number of amides is 1. The number of anilines is 1. The first-order valence-electron chi connectivity index (χ1n) is 5.82. The van der Waals surface area contributed by atoms with E-state index in [1.807, 2.05) is 38.2 Å². The molecule has 102 valence electrons. The maximum absolute atomic E-state index is 11.7. The predicted octanol–water partition coefficient (Wildman–Crippen LogP) is 1.44. The van der Waals surface area contributed by atoms with Crippen LogP contribution in [0.15, 0.2) is 24.3 Å². The summed E-state index contributed by atoms with van der Waals surface area (Å²) in [5.41, 5.74) is 1.86. The highest BCUT2D eigenvalue weighted by Crippen LogP contribution is 2.11. The van der Waals surface area contributed by atoms with Gasteiger partial charge in [0.05, 0.1) is 0 Å². The summed E-state index contributed by atoms with van der Waals surface area (Å²) in [4.78, 5) is 11.7. The van der Waals surface area contributed by atoms with Gasteiger partial charge in [-0.15, -0.1) is 12.4 Å². The van der Waals surface area contributed by atoms with E-state index in [0.717, 1.165) is 11.3 Å². The standard InChI is InChI=1S/C13H20N2O2.ClH/c1-10(9-14-2)13(17)15-12-5-3-11(4-6-12)7-8-16;/h3-6,10,14,16H,7-9H2,1-2H3,(H,15,17);1H. The first-order chi connectivity index (χ1) is 8.17. The van der Waals surface area contributed by atoms with Crippen LogP contribution in [0.4, 0.5) is 5.69 Å². The zero-order chi connectivity index (χ0) is 12.7. The van der Waals surface area contributed by atoms with Gasteiger partial charge < -0.3 is 15.7 Å². The van der Waals surface area contributed by atoms with Crippen LogP contribution in [0.25, 0.3) is 0 Å². The number of aliphatic hydroxyl groups is 1. The van der Waals surface area contributed by atoms with Crippen LogP contribution in [0.1, 0.15) is 12.5 Å². The van der Waals surface area contributed by atoms with Crippen LogP contribution < -0.4 is 10.6 Å². The summed E-state index contributed by atoms with van der Waals surface area (Å²) < 4.78 is 0. The van der Waals surface area contributed by atoms with Gasteiger partial charge in [0.15, 0.2) is 0 Å². The van der Waals surface area contributed by atoms with Crippen molar-refractivity contribution in [1.82, 2.24) is 5.32 Å². The maximum Gasteiger partial charge on any atom is 0.228 e.